The normalized spacial score (nSPS) is 23.0. The average molecular weight is 334 g/mol. The lowest BCUT2D eigenvalue weighted by atomic mass is 9.75. The Morgan fingerprint density at radius 2 is 2.04 bits per heavy atom. The van der Waals surface area contributed by atoms with Gasteiger partial charge in [0, 0.05) is 38.3 Å². The highest BCUT2D eigenvalue weighted by Crippen LogP contribution is 2.35. The van der Waals surface area contributed by atoms with Gasteiger partial charge in [0.1, 0.15) is 0 Å². The molecule has 2 aromatic rings. The first-order chi connectivity index (χ1) is 11.0. The van der Waals surface area contributed by atoms with Gasteiger partial charge in [0.05, 0.1) is 6.33 Å². The Balaban J connectivity index is 1.94. The van der Waals surface area contributed by atoms with E-state index in [0.717, 1.165) is 18.4 Å². The Morgan fingerprint density at radius 1 is 1.30 bits per heavy atom. The molecular formula is C16H22N4O2S. The number of nitrogens with two attached hydrogens (primary N) is 1. The van der Waals surface area contributed by atoms with E-state index in [2.05, 4.69) is 4.98 Å². The number of aryl methyl sites for hydroxylation is 1. The SMILES string of the molecule is Cn1cnc(S(=O)(=O)N2CCCC(CN)(c3ccccc3)C2)c1. The molecule has 2 heterocycles. The second-order valence-electron chi connectivity index (χ2n) is 6.17. The number of hydrogen-bond acceptors (Lipinski definition) is 4. The summed E-state index contributed by atoms with van der Waals surface area (Å²) in [5, 5.41) is 0.0980. The molecule has 23 heavy (non-hydrogen) atoms. The Labute approximate surface area is 137 Å². The molecule has 0 saturated carbocycles. The third kappa shape index (κ3) is 2.91. The second kappa shape index (κ2) is 6.07. The summed E-state index contributed by atoms with van der Waals surface area (Å²) in [5.41, 5.74) is 6.85. The molecule has 1 fully saturated rings. The van der Waals surface area contributed by atoms with Crippen LogP contribution in [0.5, 0.6) is 0 Å². The molecule has 124 valence electrons. The highest BCUT2D eigenvalue weighted by Gasteiger charge is 2.41. The third-order valence-electron chi connectivity index (χ3n) is 4.60. The molecule has 2 N–H and O–H groups in total. The van der Waals surface area contributed by atoms with Gasteiger partial charge in [0.25, 0.3) is 10.0 Å². The fourth-order valence-corrected chi connectivity index (χ4v) is 4.79. The maximum atomic E-state index is 12.8. The molecule has 1 saturated heterocycles. The summed E-state index contributed by atoms with van der Waals surface area (Å²) in [5.74, 6) is 0. The van der Waals surface area contributed by atoms with Gasteiger partial charge in [0.15, 0.2) is 5.03 Å². The molecule has 1 aliphatic heterocycles. The van der Waals surface area contributed by atoms with Gasteiger partial charge >= 0.3 is 0 Å². The van der Waals surface area contributed by atoms with E-state index >= 15 is 0 Å². The minimum absolute atomic E-state index is 0.0980. The van der Waals surface area contributed by atoms with Crippen molar-refractivity contribution >= 4 is 10.0 Å². The predicted molar refractivity (Wildman–Crippen MR) is 88.4 cm³/mol. The zero-order chi connectivity index (χ0) is 16.5. The largest absolute Gasteiger partial charge is 0.339 e. The summed E-state index contributed by atoms with van der Waals surface area (Å²) in [7, 11) is -1.82. The second-order valence-corrected chi connectivity index (χ2v) is 8.05. The number of imidazole rings is 1. The van der Waals surface area contributed by atoms with Crippen molar-refractivity contribution in [3.05, 3.63) is 48.4 Å². The van der Waals surface area contributed by atoms with E-state index in [9.17, 15) is 8.42 Å². The van der Waals surface area contributed by atoms with Crippen molar-refractivity contribution < 1.29 is 8.42 Å². The summed E-state index contributed by atoms with van der Waals surface area (Å²) < 4.78 is 28.9. The van der Waals surface area contributed by atoms with Crippen LogP contribution in [-0.2, 0) is 22.5 Å². The molecule has 1 atom stereocenters. The standard InChI is InChI=1S/C16H22N4O2S/c1-19-10-15(18-13-19)23(21,22)20-9-5-8-16(11-17,12-20)14-6-3-2-4-7-14/h2-4,6-7,10,13H,5,8-9,11-12,17H2,1H3. The van der Waals surface area contributed by atoms with Gasteiger partial charge < -0.3 is 10.3 Å². The minimum Gasteiger partial charge on any atom is -0.339 e. The lowest BCUT2D eigenvalue weighted by Gasteiger charge is -2.41. The average Bonchev–Trinajstić information content (AvgIpc) is 3.03. The Morgan fingerprint density at radius 3 is 2.65 bits per heavy atom. The van der Waals surface area contributed by atoms with Gasteiger partial charge in [-0.1, -0.05) is 30.3 Å². The van der Waals surface area contributed by atoms with Crippen LogP contribution in [0.15, 0.2) is 47.9 Å². The number of nitrogens with zero attached hydrogens (tertiary/aromatic N) is 3. The number of benzene rings is 1. The first-order valence-corrected chi connectivity index (χ1v) is 9.16. The lowest BCUT2D eigenvalue weighted by molar-refractivity contribution is 0.229. The zero-order valence-electron chi connectivity index (χ0n) is 13.2. The molecule has 0 amide bonds. The third-order valence-corrected chi connectivity index (χ3v) is 6.34. The summed E-state index contributed by atoms with van der Waals surface area (Å²) in [4.78, 5) is 4.01. The summed E-state index contributed by atoms with van der Waals surface area (Å²) in [6.45, 7) is 1.32. The minimum atomic E-state index is -3.58. The van der Waals surface area contributed by atoms with Crippen LogP contribution in [0.3, 0.4) is 0 Å². The van der Waals surface area contributed by atoms with Crippen LogP contribution < -0.4 is 5.73 Å². The van der Waals surface area contributed by atoms with Gasteiger partial charge in [-0.3, -0.25) is 0 Å². The van der Waals surface area contributed by atoms with Gasteiger partial charge in [-0.2, -0.15) is 4.31 Å². The van der Waals surface area contributed by atoms with Crippen molar-refractivity contribution in [2.24, 2.45) is 12.8 Å². The lowest BCUT2D eigenvalue weighted by Crippen LogP contribution is -2.52. The molecule has 6 nitrogen and oxygen atoms in total. The fourth-order valence-electron chi connectivity index (χ4n) is 3.26. The van der Waals surface area contributed by atoms with Crippen molar-refractivity contribution in [1.29, 1.82) is 0 Å². The molecule has 0 spiro atoms. The molecule has 1 unspecified atom stereocenters. The van der Waals surface area contributed by atoms with Crippen molar-refractivity contribution in [2.75, 3.05) is 19.6 Å². The van der Waals surface area contributed by atoms with Crippen LogP contribution in [-0.4, -0.2) is 41.9 Å². The van der Waals surface area contributed by atoms with Crippen molar-refractivity contribution in [3.8, 4) is 0 Å². The smallest absolute Gasteiger partial charge is 0.262 e. The molecule has 0 radical (unpaired) electrons. The van der Waals surface area contributed by atoms with Gasteiger partial charge in [-0.15, -0.1) is 0 Å². The highest BCUT2D eigenvalue weighted by atomic mass is 32.2. The number of sulfonamides is 1. The van der Waals surface area contributed by atoms with E-state index < -0.39 is 10.0 Å². The van der Waals surface area contributed by atoms with E-state index in [-0.39, 0.29) is 10.4 Å². The topological polar surface area (TPSA) is 81.2 Å². The van der Waals surface area contributed by atoms with Crippen LogP contribution in [0.1, 0.15) is 18.4 Å². The van der Waals surface area contributed by atoms with Crippen molar-refractivity contribution in [3.63, 3.8) is 0 Å². The van der Waals surface area contributed by atoms with Gasteiger partial charge in [-0.05, 0) is 18.4 Å². The van der Waals surface area contributed by atoms with E-state index in [4.69, 9.17) is 5.73 Å². The fraction of sp³-hybridized carbons (Fsp3) is 0.438. The van der Waals surface area contributed by atoms with Crippen LogP contribution in [0.25, 0.3) is 0 Å². The number of hydrogen-bond donors (Lipinski definition) is 1. The highest BCUT2D eigenvalue weighted by molar-refractivity contribution is 7.89. The maximum absolute atomic E-state index is 12.8. The van der Waals surface area contributed by atoms with Crippen molar-refractivity contribution in [1.82, 2.24) is 13.9 Å². The first-order valence-electron chi connectivity index (χ1n) is 7.72. The maximum Gasteiger partial charge on any atom is 0.262 e. The summed E-state index contributed by atoms with van der Waals surface area (Å²) >= 11 is 0. The van der Waals surface area contributed by atoms with Crippen LogP contribution >= 0.6 is 0 Å². The molecular weight excluding hydrogens is 312 g/mol. The van der Waals surface area contributed by atoms with Crippen LogP contribution in [0, 0.1) is 0 Å². The van der Waals surface area contributed by atoms with E-state index in [0.29, 0.717) is 19.6 Å². The van der Waals surface area contributed by atoms with E-state index in [1.54, 1.807) is 11.6 Å². The Bertz CT molecular complexity index is 772. The van der Waals surface area contributed by atoms with Crippen LogP contribution in [0.4, 0.5) is 0 Å². The number of aromatic nitrogens is 2. The Hall–Kier alpha value is -1.70. The molecule has 1 aromatic carbocycles. The monoisotopic (exact) mass is 334 g/mol. The summed E-state index contributed by atoms with van der Waals surface area (Å²) in [6, 6.07) is 9.96. The molecule has 7 heteroatoms. The predicted octanol–water partition coefficient (Wildman–Crippen LogP) is 1.10. The molecule has 1 aliphatic rings. The van der Waals surface area contributed by atoms with Gasteiger partial charge in [-0.25, -0.2) is 13.4 Å². The zero-order valence-corrected chi connectivity index (χ0v) is 14.0. The molecule has 0 aliphatic carbocycles. The van der Waals surface area contributed by atoms with Gasteiger partial charge in [0.2, 0.25) is 0 Å². The first kappa shape index (κ1) is 16.2. The van der Waals surface area contributed by atoms with Crippen LogP contribution in [0.2, 0.25) is 0 Å². The van der Waals surface area contributed by atoms with E-state index in [1.165, 1.54) is 16.8 Å². The summed E-state index contributed by atoms with van der Waals surface area (Å²) in [6.07, 6.45) is 4.72. The molecule has 1 aromatic heterocycles. The number of rotatable bonds is 4. The van der Waals surface area contributed by atoms with E-state index in [1.807, 2.05) is 30.3 Å². The van der Waals surface area contributed by atoms with Crippen molar-refractivity contribution in [2.45, 2.75) is 23.3 Å². The number of piperidine rings is 1. The molecule has 0 bridgehead atoms. The molecule has 3 rings (SSSR count). The quantitative estimate of drug-likeness (QED) is 0.908. The Kier molecular flexibility index (Phi) is 4.27.